The molecule has 0 spiro atoms. The summed E-state index contributed by atoms with van der Waals surface area (Å²) in [6.45, 7) is 0.474. The fourth-order valence-electron chi connectivity index (χ4n) is 3.35. The number of carbonyl (C=O) groups excluding carboxylic acids is 1. The molecule has 3 aromatic rings. The lowest BCUT2D eigenvalue weighted by molar-refractivity contribution is 0.102. The number of aromatic nitrogens is 2. The van der Waals surface area contributed by atoms with Crippen molar-refractivity contribution < 1.29 is 18.0 Å². The van der Waals surface area contributed by atoms with Crippen LogP contribution in [0.1, 0.15) is 16.8 Å². The monoisotopic (exact) mass is 432 g/mol. The van der Waals surface area contributed by atoms with Gasteiger partial charge < -0.3 is 10.2 Å². The van der Waals surface area contributed by atoms with Crippen LogP contribution in [0.5, 0.6) is 0 Å². The Balaban J connectivity index is 1.81. The third-order valence-corrected chi connectivity index (χ3v) is 5.03. The maximum absolute atomic E-state index is 14.5. The topological polar surface area (TPSA) is 58.1 Å². The maximum atomic E-state index is 14.5. The fraction of sp³-hybridized carbons (Fsp3) is 0.190. The Morgan fingerprint density at radius 2 is 1.97 bits per heavy atom. The van der Waals surface area contributed by atoms with E-state index < -0.39 is 23.7 Å². The first-order valence-corrected chi connectivity index (χ1v) is 9.56. The van der Waals surface area contributed by atoms with Crippen molar-refractivity contribution in [2.75, 3.05) is 23.3 Å². The molecule has 1 aromatic carbocycles. The third kappa shape index (κ3) is 4.09. The molecule has 0 bridgehead atoms. The van der Waals surface area contributed by atoms with E-state index in [9.17, 15) is 18.0 Å². The van der Waals surface area contributed by atoms with E-state index in [1.54, 1.807) is 4.90 Å². The van der Waals surface area contributed by atoms with Crippen molar-refractivity contribution in [1.29, 1.82) is 0 Å². The zero-order chi connectivity index (χ0) is 21.3. The van der Waals surface area contributed by atoms with Crippen LogP contribution in [0.25, 0.3) is 11.1 Å². The number of hydrogen-bond donors (Lipinski definition) is 1. The summed E-state index contributed by atoms with van der Waals surface area (Å²) in [5, 5.41) is 2.94. The number of halogens is 4. The van der Waals surface area contributed by atoms with Crippen molar-refractivity contribution in [2.45, 2.75) is 12.6 Å². The summed E-state index contributed by atoms with van der Waals surface area (Å²) in [6, 6.07) is 7.47. The lowest BCUT2D eigenvalue weighted by atomic mass is 10.0. The molecular formula is C21H16ClF3N4O. The van der Waals surface area contributed by atoms with Gasteiger partial charge in [-0.1, -0.05) is 11.6 Å². The molecule has 1 aliphatic rings. The molecule has 1 amide bonds. The SMILES string of the molecule is O=C(Nc1c(-c2cc(F)ccc2F)ccnc1N1CCC(F)C1)c1ccc(Cl)nc1. The Bertz CT molecular complexity index is 1090. The van der Waals surface area contributed by atoms with Gasteiger partial charge in [-0.2, -0.15) is 0 Å². The van der Waals surface area contributed by atoms with Crippen molar-refractivity contribution in [2.24, 2.45) is 0 Å². The number of nitrogens with one attached hydrogen (secondary N) is 1. The van der Waals surface area contributed by atoms with Crippen molar-refractivity contribution >= 4 is 29.0 Å². The Kier molecular flexibility index (Phi) is 5.59. The highest BCUT2D eigenvalue weighted by Gasteiger charge is 2.27. The Morgan fingerprint density at radius 1 is 1.13 bits per heavy atom. The molecule has 1 fully saturated rings. The summed E-state index contributed by atoms with van der Waals surface area (Å²) >= 11 is 5.77. The highest BCUT2D eigenvalue weighted by Crippen LogP contribution is 2.38. The van der Waals surface area contributed by atoms with E-state index in [1.807, 2.05) is 0 Å². The van der Waals surface area contributed by atoms with Gasteiger partial charge in [0.25, 0.3) is 5.91 Å². The van der Waals surface area contributed by atoms with Crippen LogP contribution in [0.15, 0.2) is 48.8 Å². The van der Waals surface area contributed by atoms with Crippen LogP contribution in [0, 0.1) is 11.6 Å². The molecule has 30 heavy (non-hydrogen) atoms. The molecule has 1 N–H and O–H groups in total. The third-order valence-electron chi connectivity index (χ3n) is 4.81. The number of pyridine rings is 2. The van der Waals surface area contributed by atoms with Gasteiger partial charge in [0.15, 0.2) is 5.82 Å². The summed E-state index contributed by atoms with van der Waals surface area (Å²) in [7, 11) is 0. The highest BCUT2D eigenvalue weighted by molar-refractivity contribution is 6.29. The summed E-state index contributed by atoms with van der Waals surface area (Å²) in [5.41, 5.74) is 0.564. The van der Waals surface area contributed by atoms with E-state index in [0.717, 1.165) is 18.2 Å². The quantitative estimate of drug-likeness (QED) is 0.597. The minimum atomic E-state index is -1.04. The van der Waals surface area contributed by atoms with Crippen LogP contribution in [-0.2, 0) is 0 Å². The van der Waals surface area contributed by atoms with Crippen LogP contribution in [0.3, 0.4) is 0 Å². The molecule has 3 heterocycles. The number of rotatable bonds is 4. The standard InChI is InChI=1S/C21H16ClF3N4O/c22-18-4-1-12(10-27-18)21(30)28-19-15(16-9-13(23)2-3-17(16)25)5-7-26-20(19)29-8-6-14(24)11-29/h1-5,7,9-10,14H,6,8,11H2,(H,28,30). The van der Waals surface area contributed by atoms with Gasteiger partial charge in [0.1, 0.15) is 23.0 Å². The maximum Gasteiger partial charge on any atom is 0.257 e. The molecule has 1 unspecified atom stereocenters. The summed E-state index contributed by atoms with van der Waals surface area (Å²) < 4.78 is 42.2. The Morgan fingerprint density at radius 3 is 2.67 bits per heavy atom. The van der Waals surface area contributed by atoms with Gasteiger partial charge >= 0.3 is 0 Å². The molecule has 1 atom stereocenters. The summed E-state index contributed by atoms with van der Waals surface area (Å²) in [4.78, 5) is 22.6. The lowest BCUT2D eigenvalue weighted by Gasteiger charge is -2.22. The predicted octanol–water partition coefficient (Wildman–Crippen LogP) is 4.88. The summed E-state index contributed by atoms with van der Waals surface area (Å²) in [6.07, 6.45) is 1.99. The van der Waals surface area contributed by atoms with Crippen LogP contribution >= 0.6 is 11.6 Å². The normalized spacial score (nSPS) is 16.0. The van der Waals surface area contributed by atoms with Crippen molar-refractivity contribution in [3.8, 4) is 11.1 Å². The van der Waals surface area contributed by atoms with E-state index in [0.29, 0.717) is 13.0 Å². The predicted molar refractivity (Wildman–Crippen MR) is 109 cm³/mol. The zero-order valence-electron chi connectivity index (χ0n) is 15.6. The van der Waals surface area contributed by atoms with Gasteiger partial charge in [0, 0.05) is 30.1 Å². The number of benzene rings is 1. The van der Waals surface area contributed by atoms with Crippen LogP contribution in [0.4, 0.5) is 24.7 Å². The second kappa shape index (κ2) is 8.31. The average Bonchev–Trinajstić information content (AvgIpc) is 3.16. The smallest absolute Gasteiger partial charge is 0.257 e. The van der Waals surface area contributed by atoms with E-state index in [1.165, 1.54) is 30.6 Å². The minimum absolute atomic E-state index is 0.0424. The molecule has 2 aromatic heterocycles. The zero-order valence-corrected chi connectivity index (χ0v) is 16.3. The van der Waals surface area contributed by atoms with Crippen molar-refractivity contribution in [3.05, 3.63) is 71.1 Å². The van der Waals surface area contributed by atoms with Crippen molar-refractivity contribution in [3.63, 3.8) is 0 Å². The molecule has 0 saturated carbocycles. The number of nitrogens with zero attached hydrogens (tertiary/aromatic N) is 3. The first-order valence-electron chi connectivity index (χ1n) is 9.18. The highest BCUT2D eigenvalue weighted by atomic mass is 35.5. The summed E-state index contributed by atoms with van der Waals surface area (Å²) in [5.74, 6) is -1.55. The van der Waals surface area contributed by atoms with Crippen LogP contribution in [-0.4, -0.2) is 35.1 Å². The Hall–Kier alpha value is -3.13. The second-order valence-corrected chi connectivity index (χ2v) is 7.22. The molecule has 154 valence electrons. The largest absolute Gasteiger partial charge is 0.352 e. The molecule has 9 heteroatoms. The average molecular weight is 433 g/mol. The van der Waals surface area contributed by atoms with Gasteiger partial charge in [-0.25, -0.2) is 23.1 Å². The molecule has 0 aliphatic carbocycles. The van der Waals surface area contributed by atoms with E-state index in [2.05, 4.69) is 15.3 Å². The second-order valence-electron chi connectivity index (χ2n) is 6.84. The van der Waals surface area contributed by atoms with Gasteiger partial charge in [0.05, 0.1) is 17.8 Å². The number of alkyl halides is 1. The number of carbonyl (C=O) groups is 1. The first-order chi connectivity index (χ1) is 14.4. The molecular weight excluding hydrogens is 417 g/mol. The van der Waals surface area contributed by atoms with E-state index >= 15 is 0 Å². The number of hydrogen-bond acceptors (Lipinski definition) is 4. The van der Waals surface area contributed by atoms with Gasteiger partial charge in [-0.05, 0) is 42.8 Å². The van der Waals surface area contributed by atoms with E-state index in [4.69, 9.17) is 11.6 Å². The lowest BCUT2D eigenvalue weighted by Crippen LogP contribution is -2.24. The van der Waals surface area contributed by atoms with Crippen LogP contribution < -0.4 is 10.2 Å². The molecule has 1 aliphatic heterocycles. The van der Waals surface area contributed by atoms with Crippen molar-refractivity contribution in [1.82, 2.24) is 9.97 Å². The minimum Gasteiger partial charge on any atom is -0.352 e. The molecule has 0 radical (unpaired) electrons. The van der Waals surface area contributed by atoms with E-state index in [-0.39, 0.29) is 39.9 Å². The molecule has 4 rings (SSSR count). The Labute approximate surface area is 175 Å². The van der Waals surface area contributed by atoms with Gasteiger partial charge in [-0.3, -0.25) is 4.79 Å². The first kappa shape index (κ1) is 20.2. The van der Waals surface area contributed by atoms with Gasteiger partial charge in [0.2, 0.25) is 0 Å². The number of amides is 1. The van der Waals surface area contributed by atoms with Gasteiger partial charge in [-0.15, -0.1) is 0 Å². The van der Waals surface area contributed by atoms with Crippen LogP contribution in [0.2, 0.25) is 5.15 Å². The molecule has 1 saturated heterocycles. The molecule has 5 nitrogen and oxygen atoms in total. The number of anilines is 2. The fourth-order valence-corrected chi connectivity index (χ4v) is 3.46.